The molecular formula is C14H18Cl2FNO. The van der Waals surface area contributed by atoms with Crippen LogP contribution in [-0.2, 0) is 0 Å². The first kappa shape index (κ1) is 16.3. The normalized spacial score (nSPS) is 12.5. The summed E-state index contributed by atoms with van der Waals surface area (Å²) in [6.07, 6.45) is 1.94. The van der Waals surface area contributed by atoms with Crippen LogP contribution in [0.3, 0.4) is 0 Å². The minimum atomic E-state index is -0.464. The first-order chi connectivity index (χ1) is 8.99. The fourth-order valence-electron chi connectivity index (χ4n) is 1.93. The van der Waals surface area contributed by atoms with E-state index in [2.05, 4.69) is 19.2 Å². The van der Waals surface area contributed by atoms with E-state index in [1.54, 1.807) is 0 Å². The van der Waals surface area contributed by atoms with Crippen LogP contribution in [0.15, 0.2) is 18.2 Å². The number of hydrogen-bond acceptors (Lipinski definition) is 1. The van der Waals surface area contributed by atoms with E-state index >= 15 is 0 Å². The molecule has 0 bridgehead atoms. The smallest absolute Gasteiger partial charge is 0.252 e. The summed E-state index contributed by atoms with van der Waals surface area (Å²) in [5, 5.41) is 2.72. The van der Waals surface area contributed by atoms with Crippen LogP contribution in [0.4, 0.5) is 4.39 Å². The van der Waals surface area contributed by atoms with Gasteiger partial charge in [0.1, 0.15) is 5.82 Å². The standard InChI is InChI=1S/C14H18Cl2FNO/c1-3-9(4-2)13(16)8-18-14(19)11-6-5-10(17)7-12(11)15/h5-7,9,13H,3-4,8H2,1-2H3,(H,18,19). The second kappa shape index (κ2) is 7.71. The van der Waals surface area contributed by atoms with Crippen LogP contribution in [0.5, 0.6) is 0 Å². The SMILES string of the molecule is CCC(CC)C(Cl)CNC(=O)c1ccc(F)cc1Cl. The van der Waals surface area contributed by atoms with Crippen molar-refractivity contribution in [1.29, 1.82) is 0 Å². The first-order valence-corrected chi connectivity index (χ1v) is 7.18. The number of benzene rings is 1. The molecule has 0 saturated heterocycles. The molecule has 0 fully saturated rings. The largest absolute Gasteiger partial charge is 0.350 e. The lowest BCUT2D eigenvalue weighted by Crippen LogP contribution is -2.33. The third kappa shape index (κ3) is 4.66. The van der Waals surface area contributed by atoms with E-state index in [9.17, 15) is 9.18 Å². The molecule has 1 amide bonds. The van der Waals surface area contributed by atoms with Crippen molar-refractivity contribution in [1.82, 2.24) is 5.32 Å². The lowest BCUT2D eigenvalue weighted by Gasteiger charge is -2.19. The predicted octanol–water partition coefficient (Wildman–Crippen LogP) is 4.25. The first-order valence-electron chi connectivity index (χ1n) is 6.36. The molecule has 5 heteroatoms. The Kier molecular flexibility index (Phi) is 6.59. The molecule has 0 radical (unpaired) electrons. The third-order valence-corrected chi connectivity index (χ3v) is 4.02. The van der Waals surface area contributed by atoms with Crippen molar-refractivity contribution < 1.29 is 9.18 Å². The van der Waals surface area contributed by atoms with E-state index in [0.29, 0.717) is 12.5 Å². The maximum absolute atomic E-state index is 12.9. The molecule has 1 aromatic rings. The topological polar surface area (TPSA) is 29.1 Å². The van der Waals surface area contributed by atoms with Gasteiger partial charge in [0.2, 0.25) is 0 Å². The molecular weight excluding hydrogens is 288 g/mol. The zero-order chi connectivity index (χ0) is 14.4. The Morgan fingerprint density at radius 3 is 2.53 bits per heavy atom. The second-order valence-electron chi connectivity index (χ2n) is 4.43. The highest BCUT2D eigenvalue weighted by Crippen LogP contribution is 2.19. The van der Waals surface area contributed by atoms with Gasteiger partial charge in [-0.05, 0) is 24.1 Å². The minimum absolute atomic E-state index is 0.103. The molecule has 1 rings (SSSR count). The van der Waals surface area contributed by atoms with Gasteiger partial charge in [0.05, 0.1) is 16.0 Å². The van der Waals surface area contributed by atoms with Crippen molar-refractivity contribution in [3.05, 3.63) is 34.6 Å². The predicted molar refractivity (Wildman–Crippen MR) is 77.5 cm³/mol. The molecule has 19 heavy (non-hydrogen) atoms. The average molecular weight is 306 g/mol. The zero-order valence-corrected chi connectivity index (χ0v) is 12.6. The molecule has 1 atom stereocenters. The number of rotatable bonds is 6. The van der Waals surface area contributed by atoms with E-state index in [0.717, 1.165) is 18.9 Å². The van der Waals surface area contributed by atoms with Gasteiger partial charge in [-0.25, -0.2) is 4.39 Å². The molecule has 0 spiro atoms. The van der Waals surface area contributed by atoms with Crippen LogP contribution in [0, 0.1) is 11.7 Å². The van der Waals surface area contributed by atoms with Gasteiger partial charge in [0.25, 0.3) is 5.91 Å². The molecule has 0 aliphatic heterocycles. The van der Waals surface area contributed by atoms with Gasteiger partial charge < -0.3 is 5.32 Å². The maximum Gasteiger partial charge on any atom is 0.252 e. The van der Waals surface area contributed by atoms with Crippen LogP contribution >= 0.6 is 23.2 Å². The van der Waals surface area contributed by atoms with Crippen LogP contribution in [-0.4, -0.2) is 17.8 Å². The van der Waals surface area contributed by atoms with Gasteiger partial charge in [-0.15, -0.1) is 11.6 Å². The molecule has 2 nitrogen and oxygen atoms in total. The van der Waals surface area contributed by atoms with Gasteiger partial charge in [0.15, 0.2) is 0 Å². The third-order valence-electron chi connectivity index (χ3n) is 3.19. The van der Waals surface area contributed by atoms with Crippen LogP contribution < -0.4 is 5.32 Å². The number of nitrogens with one attached hydrogen (secondary N) is 1. The van der Waals surface area contributed by atoms with Gasteiger partial charge in [-0.1, -0.05) is 38.3 Å². The summed E-state index contributed by atoms with van der Waals surface area (Å²) < 4.78 is 12.9. The summed E-state index contributed by atoms with van der Waals surface area (Å²) >= 11 is 12.1. The number of amides is 1. The molecule has 1 N–H and O–H groups in total. The Labute approximate surface area is 123 Å². The van der Waals surface area contributed by atoms with Crippen molar-refractivity contribution in [3.8, 4) is 0 Å². The Hall–Kier alpha value is -0.800. The molecule has 1 unspecified atom stereocenters. The quantitative estimate of drug-likeness (QED) is 0.782. The highest BCUT2D eigenvalue weighted by molar-refractivity contribution is 6.33. The summed E-state index contributed by atoms with van der Waals surface area (Å²) in [5.41, 5.74) is 0.261. The van der Waals surface area contributed by atoms with E-state index in [4.69, 9.17) is 23.2 Å². The lowest BCUT2D eigenvalue weighted by molar-refractivity contribution is 0.0951. The van der Waals surface area contributed by atoms with Crippen LogP contribution in [0.2, 0.25) is 5.02 Å². The summed E-state index contributed by atoms with van der Waals surface area (Å²) in [6.45, 7) is 4.52. The van der Waals surface area contributed by atoms with Gasteiger partial charge in [0, 0.05) is 6.54 Å². The Morgan fingerprint density at radius 2 is 2.00 bits per heavy atom. The molecule has 0 aromatic heterocycles. The van der Waals surface area contributed by atoms with E-state index < -0.39 is 5.82 Å². The molecule has 1 aromatic carbocycles. The number of alkyl halides is 1. The summed E-state index contributed by atoms with van der Waals surface area (Å²) in [7, 11) is 0. The number of carbonyl (C=O) groups excluding carboxylic acids is 1. The van der Waals surface area contributed by atoms with Crippen molar-refractivity contribution in [2.75, 3.05) is 6.54 Å². The fraction of sp³-hybridized carbons (Fsp3) is 0.500. The van der Waals surface area contributed by atoms with Gasteiger partial charge in [-0.2, -0.15) is 0 Å². The Balaban J connectivity index is 2.60. The highest BCUT2D eigenvalue weighted by Gasteiger charge is 2.18. The monoisotopic (exact) mass is 305 g/mol. The number of carbonyl (C=O) groups is 1. The van der Waals surface area contributed by atoms with Crippen molar-refractivity contribution in [2.45, 2.75) is 32.1 Å². The molecule has 0 aliphatic carbocycles. The van der Waals surface area contributed by atoms with Gasteiger partial charge in [-0.3, -0.25) is 4.79 Å². The van der Waals surface area contributed by atoms with E-state index in [-0.39, 0.29) is 21.9 Å². The average Bonchev–Trinajstić information content (AvgIpc) is 2.37. The number of hydrogen-bond donors (Lipinski definition) is 1. The summed E-state index contributed by atoms with van der Waals surface area (Å²) in [4.78, 5) is 11.9. The Bertz CT molecular complexity index is 435. The maximum atomic E-state index is 12.9. The minimum Gasteiger partial charge on any atom is -0.350 e. The molecule has 0 aliphatic rings. The summed E-state index contributed by atoms with van der Waals surface area (Å²) in [6, 6.07) is 3.70. The summed E-state index contributed by atoms with van der Waals surface area (Å²) in [5.74, 6) is -0.430. The van der Waals surface area contributed by atoms with Crippen molar-refractivity contribution in [3.63, 3.8) is 0 Å². The number of halogens is 3. The van der Waals surface area contributed by atoms with Gasteiger partial charge >= 0.3 is 0 Å². The lowest BCUT2D eigenvalue weighted by atomic mass is 9.99. The molecule has 0 saturated carbocycles. The Morgan fingerprint density at radius 1 is 1.37 bits per heavy atom. The molecule has 0 heterocycles. The van der Waals surface area contributed by atoms with Crippen LogP contribution in [0.25, 0.3) is 0 Å². The molecule has 106 valence electrons. The second-order valence-corrected chi connectivity index (χ2v) is 5.39. The zero-order valence-electron chi connectivity index (χ0n) is 11.1. The van der Waals surface area contributed by atoms with Crippen LogP contribution in [0.1, 0.15) is 37.0 Å². The highest BCUT2D eigenvalue weighted by atomic mass is 35.5. The van der Waals surface area contributed by atoms with E-state index in [1.165, 1.54) is 12.1 Å². The van der Waals surface area contributed by atoms with Crippen molar-refractivity contribution in [2.24, 2.45) is 5.92 Å². The van der Waals surface area contributed by atoms with Crippen molar-refractivity contribution >= 4 is 29.1 Å². The fourth-order valence-corrected chi connectivity index (χ4v) is 2.61. The van der Waals surface area contributed by atoms with E-state index in [1.807, 2.05) is 0 Å².